The van der Waals surface area contributed by atoms with E-state index in [1.165, 1.54) is 128 Å². The van der Waals surface area contributed by atoms with E-state index in [0.717, 1.165) is 70.1 Å². The number of unbranched alkanes of at least 4 members (excludes halogenated alkanes) is 25. The maximum absolute atomic E-state index is 12.5. The molecule has 1 unspecified atom stereocenters. The Morgan fingerprint density at radius 3 is 1.04 bits per heavy atom. The maximum atomic E-state index is 12.5. The van der Waals surface area contributed by atoms with Gasteiger partial charge in [0.1, 0.15) is 13.2 Å². The Kier molecular flexibility index (Phi) is 37.4. The van der Waals surface area contributed by atoms with Gasteiger partial charge in [-0.05, 0) is 25.2 Å². The molecule has 0 aromatic rings. The minimum absolute atomic E-state index is 0.0655. The van der Waals surface area contributed by atoms with Crippen molar-refractivity contribution < 1.29 is 28.6 Å². The van der Waals surface area contributed by atoms with Crippen molar-refractivity contribution in [3.8, 4) is 0 Å². The molecule has 0 saturated carbocycles. The van der Waals surface area contributed by atoms with E-state index < -0.39 is 6.10 Å². The van der Waals surface area contributed by atoms with Gasteiger partial charge in [0.05, 0.1) is 0 Å². The van der Waals surface area contributed by atoms with Crippen molar-refractivity contribution >= 4 is 17.9 Å². The van der Waals surface area contributed by atoms with Crippen LogP contribution in [0.4, 0.5) is 0 Å². The van der Waals surface area contributed by atoms with Crippen LogP contribution in [0.1, 0.15) is 240 Å². The third-order valence-electron chi connectivity index (χ3n) is 10.2. The number of hydrogen-bond donors (Lipinski definition) is 0. The van der Waals surface area contributed by atoms with Gasteiger partial charge in [-0.15, -0.1) is 0 Å². The second kappa shape index (κ2) is 38.6. The number of carbonyl (C=O) groups is 3. The van der Waals surface area contributed by atoms with Gasteiger partial charge in [0.2, 0.25) is 0 Å². The molecule has 0 spiro atoms. The Balaban J connectivity index is 4.09. The standard InChI is InChI=1S/C44H84O6/c1-5-8-10-12-13-20-24-28-31-35-42(45)48-38-41(50-44(47)37-33-26-11-9-6-2)39-49-43(46)36-32-29-25-22-19-17-15-14-16-18-21-23-27-30-34-40(4)7-3/h40-41H,5-39H2,1-4H3/t40?,41-/m1/s1. The summed E-state index contributed by atoms with van der Waals surface area (Å²) in [5, 5.41) is 0. The van der Waals surface area contributed by atoms with Crippen LogP contribution < -0.4 is 0 Å². The van der Waals surface area contributed by atoms with Crippen molar-refractivity contribution in [2.75, 3.05) is 13.2 Å². The number of carbonyl (C=O) groups excluding carboxylic acids is 3. The number of esters is 3. The van der Waals surface area contributed by atoms with Gasteiger partial charge >= 0.3 is 17.9 Å². The van der Waals surface area contributed by atoms with Gasteiger partial charge < -0.3 is 14.2 Å². The second-order valence-corrected chi connectivity index (χ2v) is 15.2. The Labute approximate surface area is 310 Å². The van der Waals surface area contributed by atoms with Crippen LogP contribution in [0.5, 0.6) is 0 Å². The van der Waals surface area contributed by atoms with E-state index in [4.69, 9.17) is 14.2 Å². The fourth-order valence-electron chi connectivity index (χ4n) is 6.42. The summed E-state index contributed by atoms with van der Waals surface area (Å²) in [5.74, 6) is 0.0217. The molecule has 2 atom stereocenters. The fraction of sp³-hybridized carbons (Fsp3) is 0.932. The lowest BCUT2D eigenvalue weighted by molar-refractivity contribution is -0.167. The van der Waals surface area contributed by atoms with E-state index >= 15 is 0 Å². The van der Waals surface area contributed by atoms with Crippen LogP contribution in [0.15, 0.2) is 0 Å². The van der Waals surface area contributed by atoms with Crippen molar-refractivity contribution in [1.82, 2.24) is 0 Å². The molecule has 6 heteroatoms. The van der Waals surface area contributed by atoms with Crippen molar-refractivity contribution in [3.05, 3.63) is 0 Å². The minimum atomic E-state index is -0.756. The average Bonchev–Trinajstić information content (AvgIpc) is 3.11. The largest absolute Gasteiger partial charge is 0.462 e. The number of hydrogen-bond acceptors (Lipinski definition) is 6. The first-order valence-electron chi connectivity index (χ1n) is 21.9. The van der Waals surface area contributed by atoms with Crippen LogP contribution in [0, 0.1) is 5.92 Å². The molecule has 0 aliphatic rings. The zero-order valence-corrected chi connectivity index (χ0v) is 33.9. The topological polar surface area (TPSA) is 78.9 Å². The molecule has 0 saturated heterocycles. The summed E-state index contributed by atoms with van der Waals surface area (Å²) < 4.78 is 16.5. The smallest absolute Gasteiger partial charge is 0.306 e. The van der Waals surface area contributed by atoms with Gasteiger partial charge in [0, 0.05) is 19.3 Å². The summed E-state index contributed by atoms with van der Waals surface area (Å²) in [7, 11) is 0. The molecule has 50 heavy (non-hydrogen) atoms. The van der Waals surface area contributed by atoms with Crippen molar-refractivity contribution in [2.24, 2.45) is 5.92 Å². The molecule has 0 aliphatic heterocycles. The lowest BCUT2D eigenvalue weighted by Crippen LogP contribution is -2.30. The summed E-state index contributed by atoms with van der Waals surface area (Å²) >= 11 is 0. The van der Waals surface area contributed by atoms with E-state index in [2.05, 4.69) is 27.7 Å². The highest BCUT2D eigenvalue weighted by Gasteiger charge is 2.19. The molecule has 0 radical (unpaired) electrons. The predicted octanol–water partition coefficient (Wildman–Crippen LogP) is 13.6. The normalized spacial score (nSPS) is 12.5. The molecule has 0 N–H and O–H groups in total. The molecule has 0 fully saturated rings. The molecule has 0 bridgehead atoms. The summed E-state index contributed by atoms with van der Waals surface area (Å²) in [6.07, 6.45) is 36.9. The first-order chi connectivity index (χ1) is 24.4. The predicted molar refractivity (Wildman–Crippen MR) is 210 cm³/mol. The van der Waals surface area contributed by atoms with E-state index in [1.807, 2.05) is 0 Å². The summed E-state index contributed by atoms with van der Waals surface area (Å²) in [6, 6.07) is 0. The summed E-state index contributed by atoms with van der Waals surface area (Å²) in [6.45, 7) is 8.93. The molecule has 0 rings (SSSR count). The molecule has 0 heterocycles. The van der Waals surface area contributed by atoms with Crippen molar-refractivity contribution in [2.45, 2.75) is 246 Å². The number of ether oxygens (including phenoxy) is 3. The molecule has 296 valence electrons. The van der Waals surface area contributed by atoms with Crippen LogP contribution >= 0.6 is 0 Å². The molecule has 0 aliphatic carbocycles. The molecule has 0 aromatic heterocycles. The van der Waals surface area contributed by atoms with Gasteiger partial charge in [-0.2, -0.15) is 0 Å². The van der Waals surface area contributed by atoms with E-state index in [9.17, 15) is 14.4 Å². The average molecular weight is 709 g/mol. The summed E-state index contributed by atoms with van der Waals surface area (Å²) in [4.78, 5) is 37.3. The quantitative estimate of drug-likeness (QED) is 0.0359. The third kappa shape index (κ3) is 36.2. The summed E-state index contributed by atoms with van der Waals surface area (Å²) in [5.41, 5.74) is 0. The highest BCUT2D eigenvalue weighted by Crippen LogP contribution is 2.17. The number of rotatable bonds is 39. The molecule has 0 amide bonds. The van der Waals surface area contributed by atoms with Crippen LogP contribution in [0.3, 0.4) is 0 Å². The SMILES string of the molecule is CCCCCCCCCCCC(=O)OC[C@H](COC(=O)CCCCCCCCCCCCCCCCC(C)CC)OC(=O)CCCCCCC. The maximum Gasteiger partial charge on any atom is 0.306 e. The lowest BCUT2D eigenvalue weighted by atomic mass is 9.99. The first kappa shape index (κ1) is 48.4. The zero-order chi connectivity index (χ0) is 36.8. The molecular weight excluding hydrogens is 624 g/mol. The van der Waals surface area contributed by atoms with Crippen molar-refractivity contribution in [1.29, 1.82) is 0 Å². The third-order valence-corrected chi connectivity index (χ3v) is 10.2. The van der Waals surface area contributed by atoms with Gasteiger partial charge in [0.15, 0.2) is 6.10 Å². The minimum Gasteiger partial charge on any atom is -0.462 e. The Hall–Kier alpha value is -1.59. The van der Waals surface area contributed by atoms with Crippen LogP contribution in [-0.4, -0.2) is 37.2 Å². The first-order valence-corrected chi connectivity index (χ1v) is 21.9. The van der Waals surface area contributed by atoms with E-state index in [0.29, 0.717) is 19.3 Å². The Morgan fingerprint density at radius 2 is 0.700 bits per heavy atom. The van der Waals surface area contributed by atoms with Crippen LogP contribution in [0.25, 0.3) is 0 Å². The highest BCUT2D eigenvalue weighted by molar-refractivity contribution is 5.71. The second-order valence-electron chi connectivity index (χ2n) is 15.2. The van der Waals surface area contributed by atoms with E-state index in [-0.39, 0.29) is 31.1 Å². The molecule has 6 nitrogen and oxygen atoms in total. The zero-order valence-electron chi connectivity index (χ0n) is 33.9. The molecular formula is C44H84O6. The van der Waals surface area contributed by atoms with Gasteiger partial charge in [-0.25, -0.2) is 0 Å². The van der Waals surface area contributed by atoms with E-state index in [1.54, 1.807) is 0 Å². The van der Waals surface area contributed by atoms with Crippen LogP contribution in [-0.2, 0) is 28.6 Å². The van der Waals surface area contributed by atoms with Crippen molar-refractivity contribution in [3.63, 3.8) is 0 Å². The van der Waals surface area contributed by atoms with Gasteiger partial charge in [-0.1, -0.05) is 201 Å². The Morgan fingerprint density at radius 1 is 0.400 bits per heavy atom. The van der Waals surface area contributed by atoms with Gasteiger partial charge in [-0.3, -0.25) is 14.4 Å². The fourth-order valence-corrected chi connectivity index (χ4v) is 6.42. The van der Waals surface area contributed by atoms with Crippen LogP contribution in [0.2, 0.25) is 0 Å². The molecule has 0 aromatic carbocycles. The monoisotopic (exact) mass is 709 g/mol. The lowest BCUT2D eigenvalue weighted by Gasteiger charge is -2.18. The highest BCUT2D eigenvalue weighted by atomic mass is 16.6. The van der Waals surface area contributed by atoms with Gasteiger partial charge in [0.25, 0.3) is 0 Å². The Bertz CT molecular complexity index is 753.